The number of benzene rings is 1. The summed E-state index contributed by atoms with van der Waals surface area (Å²) >= 11 is 0. The highest BCUT2D eigenvalue weighted by molar-refractivity contribution is 5.62. The smallest absolute Gasteiger partial charge is 0.225 e. The second-order valence-electron chi connectivity index (χ2n) is 6.45. The maximum absolute atomic E-state index is 13.5. The number of hydrogen-bond acceptors (Lipinski definition) is 5. The van der Waals surface area contributed by atoms with Crippen molar-refractivity contribution in [1.29, 1.82) is 0 Å². The van der Waals surface area contributed by atoms with Gasteiger partial charge in [-0.2, -0.15) is 5.10 Å². The number of halogens is 1. The van der Waals surface area contributed by atoms with Gasteiger partial charge in [0.05, 0.1) is 11.9 Å². The molecule has 0 unspecified atom stereocenters. The molecule has 1 aliphatic rings. The van der Waals surface area contributed by atoms with E-state index >= 15 is 0 Å². The molecule has 0 atom stereocenters. The zero-order valence-electron chi connectivity index (χ0n) is 14.5. The average Bonchev–Trinajstić information content (AvgIpc) is 3.00. The molecule has 1 N–H and O–H groups in total. The van der Waals surface area contributed by atoms with E-state index in [1.165, 1.54) is 12.1 Å². The molecule has 2 aromatic heterocycles. The molecule has 0 aliphatic carbocycles. The fraction of sp³-hybridized carbons (Fsp3) is 0.316. The fourth-order valence-corrected chi connectivity index (χ4v) is 3.35. The lowest BCUT2D eigenvalue weighted by atomic mass is 10.1. The summed E-state index contributed by atoms with van der Waals surface area (Å²) in [5.41, 5.74) is 2.80. The summed E-state index contributed by atoms with van der Waals surface area (Å²) in [6, 6.07) is 8.44. The second kappa shape index (κ2) is 7.61. The standard InChI is InChI=1S/C19H21FN6/c20-17-5-1-4-15(12-17)18-16(13-23-24-18)14-25-8-3-9-26(11-10-25)19-21-6-2-7-22-19/h1-2,4-7,12-13H,3,8-11,14H2,(H,23,24). The van der Waals surface area contributed by atoms with Gasteiger partial charge in [-0.15, -0.1) is 0 Å². The van der Waals surface area contributed by atoms with Gasteiger partial charge in [-0.1, -0.05) is 12.1 Å². The Morgan fingerprint density at radius 2 is 1.92 bits per heavy atom. The highest BCUT2D eigenvalue weighted by Crippen LogP contribution is 2.23. The van der Waals surface area contributed by atoms with Crippen molar-refractivity contribution >= 4 is 5.95 Å². The Balaban J connectivity index is 1.45. The molecule has 0 amide bonds. The molecular weight excluding hydrogens is 331 g/mol. The SMILES string of the molecule is Fc1cccc(-c2[nH]ncc2CN2CCCN(c3ncccn3)CC2)c1. The number of hydrogen-bond donors (Lipinski definition) is 1. The van der Waals surface area contributed by atoms with E-state index in [1.807, 2.05) is 18.3 Å². The van der Waals surface area contributed by atoms with Crippen LogP contribution in [-0.2, 0) is 6.54 Å². The van der Waals surface area contributed by atoms with Gasteiger partial charge in [-0.05, 0) is 24.6 Å². The topological polar surface area (TPSA) is 60.9 Å². The van der Waals surface area contributed by atoms with Crippen LogP contribution < -0.4 is 4.90 Å². The summed E-state index contributed by atoms with van der Waals surface area (Å²) in [7, 11) is 0. The first kappa shape index (κ1) is 16.7. The highest BCUT2D eigenvalue weighted by atomic mass is 19.1. The first-order valence-electron chi connectivity index (χ1n) is 8.82. The lowest BCUT2D eigenvalue weighted by Crippen LogP contribution is -2.31. The number of aromatic nitrogens is 4. The van der Waals surface area contributed by atoms with E-state index in [4.69, 9.17) is 0 Å². The molecule has 0 spiro atoms. The lowest BCUT2D eigenvalue weighted by Gasteiger charge is -2.21. The summed E-state index contributed by atoms with van der Waals surface area (Å²) in [6.07, 6.45) is 6.44. The van der Waals surface area contributed by atoms with E-state index in [1.54, 1.807) is 18.5 Å². The highest BCUT2D eigenvalue weighted by Gasteiger charge is 2.18. The van der Waals surface area contributed by atoms with E-state index in [2.05, 4.69) is 30.0 Å². The number of anilines is 1. The van der Waals surface area contributed by atoms with Crippen LogP contribution in [0.2, 0.25) is 0 Å². The van der Waals surface area contributed by atoms with Crippen LogP contribution in [0.15, 0.2) is 48.9 Å². The zero-order valence-corrected chi connectivity index (χ0v) is 14.5. The van der Waals surface area contributed by atoms with Crippen molar-refractivity contribution in [3.05, 3.63) is 60.3 Å². The van der Waals surface area contributed by atoms with Crippen molar-refractivity contribution < 1.29 is 4.39 Å². The molecule has 134 valence electrons. The molecule has 6 nitrogen and oxygen atoms in total. The molecule has 1 saturated heterocycles. The minimum Gasteiger partial charge on any atom is -0.339 e. The monoisotopic (exact) mass is 352 g/mol. The van der Waals surface area contributed by atoms with Crippen molar-refractivity contribution in [2.45, 2.75) is 13.0 Å². The Bertz CT molecular complexity index is 850. The number of H-pyrrole nitrogens is 1. The largest absolute Gasteiger partial charge is 0.339 e. The quantitative estimate of drug-likeness (QED) is 0.782. The van der Waals surface area contributed by atoms with Gasteiger partial charge in [0, 0.05) is 56.2 Å². The van der Waals surface area contributed by atoms with Crippen LogP contribution in [0.25, 0.3) is 11.3 Å². The van der Waals surface area contributed by atoms with Crippen LogP contribution in [0, 0.1) is 5.82 Å². The van der Waals surface area contributed by atoms with Crippen LogP contribution in [0.1, 0.15) is 12.0 Å². The fourth-order valence-electron chi connectivity index (χ4n) is 3.35. The van der Waals surface area contributed by atoms with Crippen LogP contribution in [0.5, 0.6) is 0 Å². The van der Waals surface area contributed by atoms with Gasteiger partial charge in [-0.3, -0.25) is 10.00 Å². The molecule has 1 aromatic carbocycles. The Morgan fingerprint density at radius 1 is 1.04 bits per heavy atom. The van der Waals surface area contributed by atoms with Crippen molar-refractivity contribution in [2.75, 3.05) is 31.1 Å². The van der Waals surface area contributed by atoms with Crippen LogP contribution in [0.3, 0.4) is 0 Å². The number of nitrogens with zero attached hydrogens (tertiary/aromatic N) is 5. The van der Waals surface area contributed by atoms with Gasteiger partial charge in [0.1, 0.15) is 5.82 Å². The average molecular weight is 352 g/mol. The molecule has 3 heterocycles. The third kappa shape index (κ3) is 3.72. The second-order valence-corrected chi connectivity index (χ2v) is 6.45. The lowest BCUT2D eigenvalue weighted by molar-refractivity contribution is 0.286. The predicted octanol–water partition coefficient (Wildman–Crippen LogP) is 2.72. The molecule has 0 saturated carbocycles. The maximum Gasteiger partial charge on any atom is 0.225 e. The third-order valence-electron chi connectivity index (χ3n) is 4.65. The minimum absolute atomic E-state index is 0.240. The summed E-state index contributed by atoms with van der Waals surface area (Å²) in [5, 5.41) is 7.19. The minimum atomic E-state index is -0.240. The third-order valence-corrected chi connectivity index (χ3v) is 4.65. The van der Waals surface area contributed by atoms with Gasteiger partial charge in [0.2, 0.25) is 5.95 Å². The van der Waals surface area contributed by atoms with E-state index < -0.39 is 0 Å². The Labute approximate surface area is 151 Å². The van der Waals surface area contributed by atoms with Crippen molar-refractivity contribution in [3.63, 3.8) is 0 Å². The van der Waals surface area contributed by atoms with Crippen LogP contribution >= 0.6 is 0 Å². The summed E-state index contributed by atoms with van der Waals surface area (Å²) in [6.45, 7) is 4.54. The van der Waals surface area contributed by atoms with Crippen molar-refractivity contribution in [3.8, 4) is 11.3 Å². The van der Waals surface area contributed by atoms with Crippen molar-refractivity contribution in [2.24, 2.45) is 0 Å². The van der Waals surface area contributed by atoms with Crippen LogP contribution in [-0.4, -0.2) is 51.2 Å². The van der Waals surface area contributed by atoms with Gasteiger partial charge in [0.15, 0.2) is 0 Å². The van der Waals surface area contributed by atoms with Crippen LogP contribution in [0.4, 0.5) is 10.3 Å². The summed E-state index contributed by atoms with van der Waals surface area (Å²) in [4.78, 5) is 13.3. The first-order chi connectivity index (χ1) is 12.8. The molecule has 0 bridgehead atoms. The molecular formula is C19H21FN6. The van der Waals surface area contributed by atoms with Crippen molar-refractivity contribution in [1.82, 2.24) is 25.1 Å². The first-order valence-corrected chi connectivity index (χ1v) is 8.82. The number of rotatable bonds is 4. The summed E-state index contributed by atoms with van der Waals surface area (Å²) < 4.78 is 13.5. The molecule has 3 aromatic rings. The zero-order chi connectivity index (χ0) is 17.8. The van der Waals surface area contributed by atoms with Gasteiger partial charge in [0.25, 0.3) is 0 Å². The van der Waals surface area contributed by atoms with Gasteiger partial charge >= 0.3 is 0 Å². The van der Waals surface area contributed by atoms with E-state index in [-0.39, 0.29) is 5.82 Å². The Hall–Kier alpha value is -2.80. The molecule has 7 heteroatoms. The van der Waals surface area contributed by atoms with E-state index in [0.29, 0.717) is 0 Å². The maximum atomic E-state index is 13.5. The molecule has 4 rings (SSSR count). The molecule has 1 aliphatic heterocycles. The normalized spacial score (nSPS) is 15.8. The Kier molecular flexibility index (Phi) is 4.88. The predicted molar refractivity (Wildman–Crippen MR) is 98.1 cm³/mol. The molecule has 0 radical (unpaired) electrons. The Morgan fingerprint density at radius 3 is 2.77 bits per heavy atom. The van der Waals surface area contributed by atoms with E-state index in [9.17, 15) is 4.39 Å². The molecule has 26 heavy (non-hydrogen) atoms. The number of nitrogens with one attached hydrogen (secondary N) is 1. The van der Waals surface area contributed by atoms with Gasteiger partial charge < -0.3 is 4.90 Å². The molecule has 1 fully saturated rings. The van der Waals surface area contributed by atoms with E-state index in [0.717, 1.165) is 61.9 Å². The summed E-state index contributed by atoms with van der Waals surface area (Å²) in [5.74, 6) is 0.550. The van der Waals surface area contributed by atoms with Gasteiger partial charge in [-0.25, -0.2) is 14.4 Å². The number of aromatic amines is 1.